The smallest absolute Gasteiger partial charge is 0.324 e. The number of esters is 2. The number of fused-ring (bicyclic) bond motifs is 4. The van der Waals surface area contributed by atoms with E-state index in [0.29, 0.717) is 29.6 Å². The van der Waals surface area contributed by atoms with E-state index < -0.39 is 16.6 Å². The Balaban J connectivity index is 1.08. The molecule has 19 unspecified atom stereocenters. The van der Waals surface area contributed by atoms with Gasteiger partial charge in [-0.15, -0.1) is 0 Å². The molecule has 0 radical (unpaired) electrons. The van der Waals surface area contributed by atoms with Crippen LogP contribution >= 0.6 is 0 Å². The van der Waals surface area contributed by atoms with Crippen molar-refractivity contribution in [3.63, 3.8) is 0 Å². The van der Waals surface area contributed by atoms with Crippen molar-refractivity contribution < 1.29 is 19.1 Å². The molecule has 0 amide bonds. The number of rotatable bonds is 2. The predicted octanol–water partition coefficient (Wildman–Crippen LogP) is 8.26. The van der Waals surface area contributed by atoms with Crippen LogP contribution in [0.15, 0.2) is 22.3 Å². The minimum atomic E-state index is -1.13. The van der Waals surface area contributed by atoms with E-state index in [1.54, 1.807) is 0 Å². The van der Waals surface area contributed by atoms with Gasteiger partial charge in [0.05, 0.1) is 0 Å². The topological polar surface area (TPSA) is 52.6 Å². The lowest BCUT2D eigenvalue weighted by molar-refractivity contribution is -0.179. The standard InChI is InChI=1S/C43H56O4/c1-16-12-22-30-31-23(38-37(22)43(38,39(44)46-41(2,3)4)40(45)47-42(5,6)7)15-20-14-19-13-18-9-8-17-10-11-21-24(16)32(30)36-34(31)28(20)27(19)33-26(18)25(17)29(21)35(33)36/h16-20,22-23,25-28,30-31,33-38H,8-15H2,1-7H3. The summed E-state index contributed by atoms with van der Waals surface area (Å²) in [5.41, 5.74) is 5.37. The highest BCUT2D eigenvalue weighted by atomic mass is 16.6. The minimum absolute atomic E-state index is 0.0741. The Bertz CT molecular complexity index is 1590. The third kappa shape index (κ3) is 2.96. The zero-order chi connectivity index (χ0) is 32.0. The molecular weight excluding hydrogens is 580 g/mol. The summed E-state index contributed by atoms with van der Waals surface area (Å²) in [4.78, 5) is 29.4. The lowest BCUT2D eigenvalue weighted by Gasteiger charge is -2.58. The van der Waals surface area contributed by atoms with Gasteiger partial charge in [-0.05, 0) is 216 Å². The molecule has 252 valence electrons. The first-order valence-corrected chi connectivity index (χ1v) is 20.3. The molecule has 12 aliphatic carbocycles. The number of hydrogen-bond donors (Lipinski definition) is 0. The summed E-state index contributed by atoms with van der Waals surface area (Å²) in [6.07, 6.45) is 11.2. The van der Waals surface area contributed by atoms with Gasteiger partial charge in [0.1, 0.15) is 11.2 Å². The second-order valence-electron chi connectivity index (χ2n) is 21.6. The van der Waals surface area contributed by atoms with Gasteiger partial charge < -0.3 is 9.47 Å². The molecule has 0 spiro atoms. The highest BCUT2D eigenvalue weighted by Gasteiger charge is 2.87. The van der Waals surface area contributed by atoms with Crippen molar-refractivity contribution in [3.05, 3.63) is 22.3 Å². The molecule has 19 atom stereocenters. The Morgan fingerprint density at radius 2 is 1.19 bits per heavy atom. The molecule has 9 saturated carbocycles. The molecule has 9 fully saturated rings. The first-order valence-electron chi connectivity index (χ1n) is 20.3. The van der Waals surface area contributed by atoms with Crippen molar-refractivity contribution in [2.45, 2.75) is 111 Å². The zero-order valence-corrected chi connectivity index (χ0v) is 29.8. The fourth-order valence-corrected chi connectivity index (χ4v) is 18.3. The van der Waals surface area contributed by atoms with E-state index in [1.807, 2.05) is 58.3 Å². The summed E-state index contributed by atoms with van der Waals surface area (Å²) in [6.45, 7) is 14.4. The van der Waals surface area contributed by atoms with E-state index in [0.717, 1.165) is 77.4 Å². The van der Waals surface area contributed by atoms with E-state index in [2.05, 4.69) is 12.5 Å². The van der Waals surface area contributed by atoms with Gasteiger partial charge in [-0.2, -0.15) is 0 Å². The van der Waals surface area contributed by atoms with Crippen molar-refractivity contribution >= 4 is 11.9 Å². The van der Waals surface area contributed by atoms with Crippen molar-refractivity contribution in [1.29, 1.82) is 0 Å². The largest absolute Gasteiger partial charge is 0.459 e. The van der Waals surface area contributed by atoms with Gasteiger partial charge in [0.25, 0.3) is 0 Å². The van der Waals surface area contributed by atoms with Gasteiger partial charge in [-0.3, -0.25) is 9.59 Å². The van der Waals surface area contributed by atoms with Gasteiger partial charge in [0, 0.05) is 0 Å². The SMILES string of the molecule is CC1CC2C3C4=C1C1=C5C6C(CC1)CCC1CC7CC8CC(C3C3C4C5C(C16)C7C83)C1C2C1(C(=O)OC(C)(C)C)C(=O)OC(C)(C)C. The minimum Gasteiger partial charge on any atom is -0.459 e. The molecule has 0 heterocycles. The van der Waals surface area contributed by atoms with Crippen LogP contribution in [0.1, 0.15) is 99.8 Å². The van der Waals surface area contributed by atoms with Crippen LogP contribution in [0.3, 0.4) is 0 Å². The highest BCUT2D eigenvalue weighted by molar-refractivity contribution is 6.05. The number of carbonyl (C=O) groups is 2. The van der Waals surface area contributed by atoms with Crippen LogP contribution in [0.5, 0.6) is 0 Å². The average molecular weight is 637 g/mol. The lowest BCUT2D eigenvalue weighted by Crippen LogP contribution is -2.54. The van der Waals surface area contributed by atoms with Gasteiger partial charge in [0.2, 0.25) is 0 Å². The van der Waals surface area contributed by atoms with Gasteiger partial charge in [-0.1, -0.05) is 18.1 Å². The third-order valence-corrected chi connectivity index (χ3v) is 18.1. The van der Waals surface area contributed by atoms with Crippen molar-refractivity contribution in [3.8, 4) is 0 Å². The second kappa shape index (κ2) is 8.14. The summed E-state index contributed by atoms with van der Waals surface area (Å²) < 4.78 is 12.6. The van der Waals surface area contributed by atoms with Crippen LogP contribution in [0.2, 0.25) is 0 Å². The molecule has 0 N–H and O–H groups in total. The first kappa shape index (κ1) is 28.2. The Morgan fingerprint density at radius 3 is 1.89 bits per heavy atom. The Labute approximate surface area is 281 Å². The fourth-order valence-electron chi connectivity index (χ4n) is 18.3. The molecule has 4 nitrogen and oxygen atoms in total. The first-order chi connectivity index (χ1) is 22.3. The number of carbonyl (C=O) groups excluding carboxylic acids is 2. The molecule has 0 aromatic rings. The van der Waals surface area contributed by atoms with Crippen LogP contribution in [-0.4, -0.2) is 23.1 Å². The Hall–Kier alpha value is -1.58. The van der Waals surface area contributed by atoms with Crippen LogP contribution in [0.25, 0.3) is 0 Å². The maximum atomic E-state index is 14.7. The lowest BCUT2D eigenvalue weighted by atomic mass is 9.46. The molecule has 12 rings (SSSR count). The molecule has 0 saturated heterocycles. The molecule has 47 heavy (non-hydrogen) atoms. The van der Waals surface area contributed by atoms with E-state index >= 15 is 0 Å². The predicted molar refractivity (Wildman–Crippen MR) is 177 cm³/mol. The van der Waals surface area contributed by atoms with Crippen LogP contribution in [-0.2, 0) is 19.1 Å². The summed E-state index contributed by atoms with van der Waals surface area (Å²) >= 11 is 0. The Morgan fingerprint density at radius 1 is 0.596 bits per heavy atom. The number of ether oxygens (including phenoxy) is 2. The van der Waals surface area contributed by atoms with Gasteiger partial charge in [0.15, 0.2) is 5.41 Å². The summed E-state index contributed by atoms with van der Waals surface area (Å²) in [6, 6.07) is 0. The highest BCUT2D eigenvalue weighted by Crippen LogP contribution is 2.87. The quantitative estimate of drug-likeness (QED) is 0.226. The van der Waals surface area contributed by atoms with Gasteiger partial charge >= 0.3 is 11.9 Å². The van der Waals surface area contributed by atoms with Gasteiger partial charge in [-0.25, -0.2) is 0 Å². The molecule has 0 aromatic carbocycles. The maximum Gasteiger partial charge on any atom is 0.324 e. The average Bonchev–Trinajstić information content (AvgIpc) is 3.15. The summed E-state index contributed by atoms with van der Waals surface area (Å²) in [5, 5.41) is 0. The monoisotopic (exact) mass is 636 g/mol. The van der Waals surface area contributed by atoms with Crippen LogP contribution in [0.4, 0.5) is 0 Å². The summed E-state index contributed by atoms with van der Waals surface area (Å²) in [5.74, 6) is 13.2. The van der Waals surface area contributed by atoms with E-state index in [-0.39, 0.29) is 23.8 Å². The summed E-state index contributed by atoms with van der Waals surface area (Å²) in [7, 11) is 0. The molecule has 4 heteroatoms. The number of hydrogen-bond acceptors (Lipinski definition) is 4. The van der Waals surface area contributed by atoms with Crippen LogP contribution < -0.4 is 0 Å². The zero-order valence-electron chi connectivity index (χ0n) is 29.8. The van der Waals surface area contributed by atoms with E-state index in [9.17, 15) is 9.59 Å². The number of allylic oxidation sites excluding steroid dienone is 4. The van der Waals surface area contributed by atoms with E-state index in [1.165, 1.54) is 44.9 Å². The van der Waals surface area contributed by atoms with E-state index in [4.69, 9.17) is 9.47 Å². The molecule has 0 aliphatic heterocycles. The molecule has 12 aliphatic rings. The van der Waals surface area contributed by atoms with Crippen molar-refractivity contribution in [2.75, 3.05) is 0 Å². The molecular formula is C43H56O4. The molecule has 0 bridgehead atoms. The van der Waals surface area contributed by atoms with Crippen molar-refractivity contribution in [1.82, 2.24) is 0 Å². The fraction of sp³-hybridized carbons (Fsp3) is 0.860. The normalized spacial score (nSPS) is 56.5. The van der Waals surface area contributed by atoms with Crippen LogP contribution in [0, 0.1) is 118 Å². The second-order valence-corrected chi connectivity index (χ2v) is 21.6. The Kier molecular flexibility index (Phi) is 4.88. The molecule has 0 aromatic heterocycles. The third-order valence-electron chi connectivity index (χ3n) is 18.1. The maximum absolute atomic E-state index is 14.7. The van der Waals surface area contributed by atoms with Crippen molar-refractivity contribution in [2.24, 2.45) is 118 Å².